The van der Waals surface area contributed by atoms with Crippen LogP contribution in [0.15, 0.2) is 10.9 Å². The van der Waals surface area contributed by atoms with Gasteiger partial charge in [0.1, 0.15) is 18.7 Å². The van der Waals surface area contributed by atoms with Crippen LogP contribution in [0.2, 0.25) is 0 Å². The summed E-state index contributed by atoms with van der Waals surface area (Å²) in [7, 11) is 0. The smallest absolute Gasteiger partial charge is 0.406 e. The van der Waals surface area contributed by atoms with E-state index in [0.29, 0.717) is 5.69 Å². The Morgan fingerprint density at radius 1 is 1.33 bits per heavy atom. The van der Waals surface area contributed by atoms with Crippen molar-refractivity contribution >= 4 is 11.9 Å². The van der Waals surface area contributed by atoms with E-state index in [0.717, 1.165) is 0 Å². The van der Waals surface area contributed by atoms with Gasteiger partial charge in [-0.15, -0.1) is 0 Å². The largest absolute Gasteiger partial charge is 0.480 e. The second-order valence-electron chi connectivity index (χ2n) is 4.51. The lowest BCUT2D eigenvalue weighted by Gasteiger charge is -2.22. The molecule has 0 aliphatic carbocycles. The predicted molar refractivity (Wildman–Crippen MR) is 66.1 cm³/mol. The Labute approximate surface area is 117 Å². The van der Waals surface area contributed by atoms with Crippen LogP contribution in [0.3, 0.4) is 0 Å². The third-order valence-electron chi connectivity index (χ3n) is 2.56. The van der Waals surface area contributed by atoms with Crippen molar-refractivity contribution in [2.45, 2.75) is 20.0 Å². The molecule has 0 saturated carbocycles. The van der Waals surface area contributed by atoms with E-state index in [1.165, 1.54) is 13.0 Å². The second kappa shape index (κ2) is 5.98. The molecule has 0 fully saturated rings. The number of hydrogen-bond acceptors (Lipinski definition) is 3. The predicted octanol–water partition coefficient (Wildman–Crippen LogP) is 1.08. The molecule has 6 nitrogen and oxygen atoms in total. The third-order valence-corrected chi connectivity index (χ3v) is 2.56. The van der Waals surface area contributed by atoms with Crippen molar-refractivity contribution in [2.24, 2.45) is 0 Å². The molecule has 0 radical (unpaired) electrons. The van der Waals surface area contributed by atoms with Gasteiger partial charge >= 0.3 is 12.1 Å². The number of carboxylic acid groups (broad SMARTS) is 1. The number of nitrogens with zero attached hydrogens (tertiary/aromatic N) is 1. The summed E-state index contributed by atoms with van der Waals surface area (Å²) in [5.74, 6) is -2.87. The lowest BCUT2D eigenvalue weighted by atomic mass is 10.1. The average molecular weight is 306 g/mol. The summed E-state index contributed by atoms with van der Waals surface area (Å²) in [6, 6.07) is 1.42. The van der Waals surface area contributed by atoms with Crippen LogP contribution in [-0.4, -0.2) is 46.1 Å². The van der Waals surface area contributed by atoms with E-state index < -0.39 is 42.3 Å². The van der Waals surface area contributed by atoms with Gasteiger partial charge in [0.05, 0.1) is 0 Å². The van der Waals surface area contributed by atoms with E-state index in [-0.39, 0.29) is 10.5 Å². The van der Waals surface area contributed by atoms with Crippen LogP contribution in [0.4, 0.5) is 13.2 Å². The maximum absolute atomic E-state index is 12.4. The number of aryl methyl sites for hydroxylation is 2. The Balaban J connectivity index is 3.23. The van der Waals surface area contributed by atoms with Crippen molar-refractivity contribution in [3.63, 3.8) is 0 Å². The lowest BCUT2D eigenvalue weighted by molar-refractivity contribution is -0.149. The van der Waals surface area contributed by atoms with E-state index in [4.69, 9.17) is 5.11 Å². The second-order valence-corrected chi connectivity index (χ2v) is 4.51. The number of carbonyl (C=O) groups excluding carboxylic acids is 1. The maximum atomic E-state index is 12.4. The molecule has 2 N–H and O–H groups in total. The molecule has 0 aliphatic heterocycles. The van der Waals surface area contributed by atoms with Crippen LogP contribution >= 0.6 is 0 Å². The Morgan fingerprint density at radius 3 is 2.33 bits per heavy atom. The normalized spacial score (nSPS) is 11.3. The molecule has 116 valence electrons. The van der Waals surface area contributed by atoms with Crippen LogP contribution in [-0.2, 0) is 4.79 Å². The third kappa shape index (κ3) is 4.62. The first-order chi connectivity index (χ1) is 9.51. The SMILES string of the molecule is Cc1cc(C)c(C(=O)N(CC(=O)O)CC(F)(F)F)c(=O)[nH]1. The number of aromatic amines is 1. The number of carbonyl (C=O) groups is 2. The van der Waals surface area contributed by atoms with Crippen molar-refractivity contribution in [3.05, 3.63) is 33.2 Å². The number of hydrogen-bond donors (Lipinski definition) is 2. The Hall–Kier alpha value is -2.32. The number of halogens is 3. The molecular weight excluding hydrogens is 293 g/mol. The first kappa shape index (κ1) is 16.7. The van der Waals surface area contributed by atoms with E-state index in [1.54, 1.807) is 6.92 Å². The van der Waals surface area contributed by atoms with Gasteiger partial charge in [-0.05, 0) is 25.5 Å². The first-order valence-electron chi connectivity index (χ1n) is 5.79. The van der Waals surface area contributed by atoms with E-state index in [2.05, 4.69) is 4.98 Å². The van der Waals surface area contributed by atoms with Gasteiger partial charge < -0.3 is 15.0 Å². The summed E-state index contributed by atoms with van der Waals surface area (Å²) in [5.41, 5.74) is -0.727. The fourth-order valence-electron chi connectivity index (χ4n) is 1.86. The fraction of sp³-hybridized carbons (Fsp3) is 0.417. The van der Waals surface area contributed by atoms with Crippen LogP contribution in [0.1, 0.15) is 21.6 Å². The number of amides is 1. The Bertz CT molecular complexity index is 622. The van der Waals surface area contributed by atoms with Gasteiger partial charge in [-0.3, -0.25) is 14.4 Å². The minimum absolute atomic E-state index is 0.0786. The van der Waals surface area contributed by atoms with Crippen LogP contribution in [0.5, 0.6) is 0 Å². The van der Waals surface area contributed by atoms with Crippen molar-refractivity contribution < 1.29 is 27.9 Å². The van der Waals surface area contributed by atoms with E-state index >= 15 is 0 Å². The Morgan fingerprint density at radius 2 is 1.90 bits per heavy atom. The molecule has 1 amide bonds. The quantitative estimate of drug-likeness (QED) is 0.871. The Kier molecular flexibility index (Phi) is 4.77. The van der Waals surface area contributed by atoms with Crippen LogP contribution in [0.25, 0.3) is 0 Å². The number of aromatic nitrogens is 1. The molecule has 1 rings (SSSR count). The molecule has 0 bridgehead atoms. The highest BCUT2D eigenvalue weighted by Crippen LogP contribution is 2.18. The number of rotatable bonds is 4. The standard InChI is InChI=1S/C12H13F3N2O4/c1-6-3-7(2)16-10(20)9(6)11(21)17(4-8(18)19)5-12(13,14)15/h3H,4-5H2,1-2H3,(H,16,20)(H,18,19). The summed E-state index contributed by atoms with van der Waals surface area (Å²) in [6.45, 7) is 0.0470. The first-order valence-corrected chi connectivity index (χ1v) is 5.79. The highest BCUT2D eigenvalue weighted by molar-refractivity contribution is 5.96. The highest BCUT2D eigenvalue weighted by Gasteiger charge is 2.35. The van der Waals surface area contributed by atoms with Gasteiger partial charge in [0, 0.05) is 5.69 Å². The van der Waals surface area contributed by atoms with Crippen molar-refractivity contribution in [2.75, 3.05) is 13.1 Å². The van der Waals surface area contributed by atoms with E-state index in [9.17, 15) is 27.6 Å². The molecule has 0 spiro atoms. The van der Waals surface area contributed by atoms with Gasteiger partial charge in [-0.25, -0.2) is 0 Å². The van der Waals surface area contributed by atoms with Gasteiger partial charge in [0.2, 0.25) is 0 Å². The summed E-state index contributed by atoms with van der Waals surface area (Å²) < 4.78 is 37.3. The monoisotopic (exact) mass is 306 g/mol. The summed E-state index contributed by atoms with van der Waals surface area (Å²) >= 11 is 0. The molecule has 0 aliphatic rings. The minimum Gasteiger partial charge on any atom is -0.480 e. The molecule has 21 heavy (non-hydrogen) atoms. The molecule has 0 saturated heterocycles. The molecule has 1 aromatic heterocycles. The average Bonchev–Trinajstić information content (AvgIpc) is 2.23. The van der Waals surface area contributed by atoms with Gasteiger partial charge in [0.25, 0.3) is 11.5 Å². The molecule has 1 aromatic rings. The van der Waals surface area contributed by atoms with Crippen molar-refractivity contribution in [1.82, 2.24) is 9.88 Å². The number of alkyl halides is 3. The molecule has 0 aromatic carbocycles. The van der Waals surface area contributed by atoms with E-state index in [1.807, 2.05) is 0 Å². The van der Waals surface area contributed by atoms with Gasteiger partial charge in [-0.1, -0.05) is 0 Å². The topological polar surface area (TPSA) is 90.5 Å². The zero-order valence-electron chi connectivity index (χ0n) is 11.2. The minimum atomic E-state index is -4.77. The fourth-order valence-corrected chi connectivity index (χ4v) is 1.86. The number of pyridine rings is 1. The highest BCUT2D eigenvalue weighted by atomic mass is 19.4. The lowest BCUT2D eigenvalue weighted by Crippen LogP contribution is -2.44. The molecule has 9 heteroatoms. The number of carboxylic acids is 1. The number of nitrogens with one attached hydrogen (secondary N) is 1. The zero-order chi connectivity index (χ0) is 16.4. The zero-order valence-corrected chi connectivity index (χ0v) is 11.2. The number of aliphatic carboxylic acids is 1. The molecular formula is C12H13F3N2O4. The van der Waals surface area contributed by atoms with Gasteiger partial charge in [0.15, 0.2) is 0 Å². The summed E-state index contributed by atoms with van der Waals surface area (Å²) in [4.78, 5) is 36.8. The number of H-pyrrole nitrogens is 1. The maximum Gasteiger partial charge on any atom is 0.406 e. The molecule has 0 atom stereocenters. The van der Waals surface area contributed by atoms with Gasteiger partial charge in [-0.2, -0.15) is 13.2 Å². The van der Waals surface area contributed by atoms with Crippen molar-refractivity contribution in [3.8, 4) is 0 Å². The van der Waals surface area contributed by atoms with Crippen LogP contribution < -0.4 is 5.56 Å². The summed E-state index contributed by atoms with van der Waals surface area (Å²) in [5, 5.41) is 8.61. The summed E-state index contributed by atoms with van der Waals surface area (Å²) in [6.07, 6.45) is -4.77. The van der Waals surface area contributed by atoms with Crippen LogP contribution in [0, 0.1) is 13.8 Å². The van der Waals surface area contributed by atoms with Crippen molar-refractivity contribution in [1.29, 1.82) is 0 Å². The molecule has 0 unspecified atom stereocenters. The molecule has 1 heterocycles.